The van der Waals surface area contributed by atoms with E-state index in [0.717, 1.165) is 12.2 Å². The van der Waals surface area contributed by atoms with Crippen LogP contribution in [0.5, 0.6) is 0 Å². The van der Waals surface area contributed by atoms with Crippen molar-refractivity contribution in [1.29, 1.82) is 0 Å². The first-order valence-corrected chi connectivity index (χ1v) is 5.45. The molecule has 0 saturated carbocycles. The molecule has 1 unspecified atom stereocenters. The highest BCUT2D eigenvalue weighted by Gasteiger charge is 2.01. The molecule has 2 N–H and O–H groups in total. The first-order chi connectivity index (χ1) is 7.11. The van der Waals surface area contributed by atoms with Crippen molar-refractivity contribution >= 4 is 17.4 Å². The van der Waals surface area contributed by atoms with E-state index < -0.39 is 0 Å². The molecule has 15 heavy (non-hydrogen) atoms. The largest absolute Gasteiger partial charge is 0.393 e. The number of aliphatic hydroxyl groups is 1. The minimum Gasteiger partial charge on any atom is -0.393 e. The number of halogens is 1. The van der Waals surface area contributed by atoms with Gasteiger partial charge in [-0.2, -0.15) is 0 Å². The monoisotopic (exact) mass is 229 g/mol. The molecule has 0 aliphatic heterocycles. The van der Waals surface area contributed by atoms with Crippen molar-refractivity contribution in [2.24, 2.45) is 0 Å². The maximum atomic E-state index is 9.09. The van der Waals surface area contributed by atoms with Gasteiger partial charge in [0.25, 0.3) is 0 Å². The van der Waals surface area contributed by atoms with Gasteiger partial charge in [0.05, 0.1) is 6.10 Å². The highest BCUT2D eigenvalue weighted by molar-refractivity contribution is 6.29. The van der Waals surface area contributed by atoms with Gasteiger partial charge in [0.1, 0.15) is 16.8 Å². The Balaban J connectivity index is 2.56. The summed E-state index contributed by atoms with van der Waals surface area (Å²) in [7, 11) is 0. The molecule has 1 heterocycles. The number of rotatable bonds is 5. The molecule has 1 rings (SSSR count). The Hall–Kier alpha value is -0.870. The first kappa shape index (κ1) is 12.2. The number of nitrogens with one attached hydrogen (secondary N) is 1. The van der Waals surface area contributed by atoms with Crippen molar-refractivity contribution in [3.05, 3.63) is 17.0 Å². The summed E-state index contributed by atoms with van der Waals surface area (Å²) in [5.41, 5.74) is 0. The second-order valence-corrected chi connectivity index (χ2v) is 3.80. The van der Waals surface area contributed by atoms with E-state index in [1.807, 2.05) is 6.92 Å². The molecule has 0 amide bonds. The van der Waals surface area contributed by atoms with E-state index in [1.165, 1.54) is 0 Å². The second kappa shape index (κ2) is 5.88. The molecule has 1 aromatic heterocycles. The fourth-order valence-corrected chi connectivity index (χ4v) is 1.32. The van der Waals surface area contributed by atoms with Crippen molar-refractivity contribution in [2.75, 3.05) is 11.9 Å². The van der Waals surface area contributed by atoms with Crippen molar-refractivity contribution in [1.82, 2.24) is 9.97 Å². The lowest BCUT2D eigenvalue weighted by atomic mass is 10.3. The van der Waals surface area contributed by atoms with Crippen LogP contribution in [0.25, 0.3) is 0 Å². The summed E-state index contributed by atoms with van der Waals surface area (Å²) in [6, 6.07) is 1.68. The second-order valence-electron chi connectivity index (χ2n) is 3.41. The van der Waals surface area contributed by atoms with Gasteiger partial charge in [-0.3, -0.25) is 0 Å². The van der Waals surface area contributed by atoms with Crippen molar-refractivity contribution in [3.8, 4) is 0 Å². The molecule has 0 aliphatic carbocycles. The van der Waals surface area contributed by atoms with Crippen LogP contribution in [0.15, 0.2) is 6.07 Å². The Morgan fingerprint density at radius 1 is 1.53 bits per heavy atom. The Morgan fingerprint density at radius 3 is 2.87 bits per heavy atom. The Bertz CT molecular complexity index is 318. The van der Waals surface area contributed by atoms with Crippen LogP contribution in [0, 0.1) is 0 Å². The number of hydrogen-bond donors (Lipinski definition) is 2. The number of aryl methyl sites for hydroxylation is 1. The molecule has 1 aromatic rings. The van der Waals surface area contributed by atoms with Gasteiger partial charge in [-0.1, -0.05) is 18.5 Å². The van der Waals surface area contributed by atoms with Crippen LogP contribution in [0.4, 0.5) is 5.82 Å². The maximum Gasteiger partial charge on any atom is 0.134 e. The zero-order valence-corrected chi connectivity index (χ0v) is 9.75. The first-order valence-electron chi connectivity index (χ1n) is 5.07. The molecule has 1 atom stereocenters. The fraction of sp³-hybridized carbons (Fsp3) is 0.600. The van der Waals surface area contributed by atoms with Crippen molar-refractivity contribution in [2.45, 2.75) is 32.8 Å². The summed E-state index contributed by atoms with van der Waals surface area (Å²) >= 11 is 5.83. The minimum atomic E-state index is -0.305. The molecule has 0 aromatic carbocycles. The van der Waals surface area contributed by atoms with Gasteiger partial charge in [-0.05, 0) is 13.3 Å². The summed E-state index contributed by atoms with van der Waals surface area (Å²) in [5.74, 6) is 1.44. The smallest absolute Gasteiger partial charge is 0.134 e. The lowest BCUT2D eigenvalue weighted by Crippen LogP contribution is -2.11. The quantitative estimate of drug-likeness (QED) is 0.757. The minimum absolute atomic E-state index is 0.305. The van der Waals surface area contributed by atoms with Gasteiger partial charge in [-0.15, -0.1) is 0 Å². The summed E-state index contributed by atoms with van der Waals surface area (Å²) < 4.78 is 0. The molecule has 0 spiro atoms. The molecule has 0 aliphatic rings. The van der Waals surface area contributed by atoms with Crippen LogP contribution in [0.3, 0.4) is 0 Å². The van der Waals surface area contributed by atoms with Crippen molar-refractivity contribution < 1.29 is 5.11 Å². The van der Waals surface area contributed by atoms with Gasteiger partial charge in [0, 0.05) is 19.0 Å². The summed E-state index contributed by atoms with van der Waals surface area (Å²) in [4.78, 5) is 8.32. The average molecular weight is 230 g/mol. The molecule has 84 valence electrons. The number of nitrogens with zero attached hydrogens (tertiary/aromatic N) is 2. The summed E-state index contributed by atoms with van der Waals surface area (Å²) in [5, 5.41) is 12.6. The lowest BCUT2D eigenvalue weighted by molar-refractivity contribution is 0.188. The zero-order chi connectivity index (χ0) is 11.3. The van der Waals surface area contributed by atoms with Gasteiger partial charge < -0.3 is 10.4 Å². The average Bonchev–Trinajstić information content (AvgIpc) is 2.16. The van der Waals surface area contributed by atoms with E-state index in [9.17, 15) is 0 Å². The third kappa shape index (κ3) is 4.44. The lowest BCUT2D eigenvalue weighted by Gasteiger charge is -2.08. The predicted molar refractivity (Wildman–Crippen MR) is 61.2 cm³/mol. The highest BCUT2D eigenvalue weighted by atomic mass is 35.5. The van der Waals surface area contributed by atoms with E-state index in [2.05, 4.69) is 15.3 Å². The van der Waals surface area contributed by atoms with E-state index in [0.29, 0.717) is 23.9 Å². The molecule has 5 heteroatoms. The third-order valence-corrected chi connectivity index (χ3v) is 2.12. The Labute approximate surface area is 94.7 Å². The van der Waals surface area contributed by atoms with Crippen LogP contribution >= 0.6 is 11.6 Å². The van der Waals surface area contributed by atoms with Crippen molar-refractivity contribution in [3.63, 3.8) is 0 Å². The Kier molecular flexibility index (Phi) is 4.78. The Morgan fingerprint density at radius 2 is 2.27 bits per heavy atom. The topological polar surface area (TPSA) is 58.0 Å². The number of aromatic nitrogens is 2. The molecule has 0 radical (unpaired) electrons. The fourth-order valence-electron chi connectivity index (χ4n) is 1.12. The summed E-state index contributed by atoms with van der Waals surface area (Å²) in [6.45, 7) is 4.41. The van der Waals surface area contributed by atoms with E-state index in [4.69, 9.17) is 16.7 Å². The molecular weight excluding hydrogens is 214 g/mol. The zero-order valence-electron chi connectivity index (χ0n) is 9.00. The normalized spacial score (nSPS) is 12.5. The van der Waals surface area contributed by atoms with Crippen LogP contribution in [-0.4, -0.2) is 27.7 Å². The number of aliphatic hydroxyl groups excluding tert-OH is 1. The molecule has 4 nitrogen and oxygen atoms in total. The maximum absolute atomic E-state index is 9.09. The SMILES string of the molecule is CCc1nc(Cl)cc(NCCC(C)O)n1. The van der Waals surface area contributed by atoms with E-state index >= 15 is 0 Å². The van der Waals surface area contributed by atoms with Crippen LogP contribution in [0.1, 0.15) is 26.1 Å². The van der Waals surface area contributed by atoms with Crippen LogP contribution in [-0.2, 0) is 6.42 Å². The van der Waals surface area contributed by atoms with E-state index in [1.54, 1.807) is 13.0 Å². The standard InChI is InChI=1S/C10H16ClN3O/c1-3-9-13-8(11)6-10(14-9)12-5-4-7(2)15/h6-7,15H,3-5H2,1-2H3,(H,12,13,14). The molecular formula is C10H16ClN3O. The summed E-state index contributed by atoms with van der Waals surface area (Å²) in [6.07, 6.45) is 1.13. The van der Waals surface area contributed by atoms with E-state index in [-0.39, 0.29) is 6.10 Å². The van der Waals surface area contributed by atoms with Crippen LogP contribution in [0.2, 0.25) is 5.15 Å². The predicted octanol–water partition coefficient (Wildman–Crippen LogP) is 1.88. The molecule has 0 fully saturated rings. The van der Waals surface area contributed by atoms with Gasteiger partial charge in [0.2, 0.25) is 0 Å². The molecule has 0 saturated heterocycles. The van der Waals surface area contributed by atoms with Crippen LogP contribution < -0.4 is 5.32 Å². The van der Waals surface area contributed by atoms with Gasteiger partial charge in [-0.25, -0.2) is 9.97 Å². The van der Waals surface area contributed by atoms with Gasteiger partial charge >= 0.3 is 0 Å². The number of anilines is 1. The van der Waals surface area contributed by atoms with Gasteiger partial charge in [0.15, 0.2) is 0 Å². The highest BCUT2D eigenvalue weighted by Crippen LogP contribution is 2.11. The third-order valence-electron chi connectivity index (χ3n) is 1.93. The number of hydrogen-bond acceptors (Lipinski definition) is 4. The molecule has 0 bridgehead atoms.